The Bertz CT molecular complexity index is 68.9. The lowest BCUT2D eigenvalue weighted by atomic mass is 10.2. The minimum absolute atomic E-state index is 0.167. The lowest BCUT2D eigenvalue weighted by molar-refractivity contribution is -0.114. The van der Waals surface area contributed by atoms with Crippen molar-refractivity contribution in [3.63, 3.8) is 0 Å². The van der Waals surface area contributed by atoms with E-state index in [0.29, 0.717) is 0 Å². The zero-order valence-corrected chi connectivity index (χ0v) is 8.44. The maximum Gasteiger partial charge on any atom is 0.126 e. The summed E-state index contributed by atoms with van der Waals surface area (Å²) in [6, 6.07) is 0. The molecule has 1 heteroatoms. The summed E-state index contributed by atoms with van der Waals surface area (Å²) in [5.74, 6) is 0.167. The molecule has 0 heterocycles. The van der Waals surface area contributed by atoms with E-state index in [4.69, 9.17) is 0 Å². The van der Waals surface area contributed by atoms with Gasteiger partial charge in [-0.15, -0.1) is 0 Å². The summed E-state index contributed by atoms with van der Waals surface area (Å²) in [6.45, 7) is 7.55. The average molecular weight is 158 g/mol. The topological polar surface area (TPSA) is 17.1 Å². The highest BCUT2D eigenvalue weighted by Crippen LogP contribution is 2.00. The van der Waals surface area contributed by atoms with Crippen LogP contribution in [-0.2, 0) is 4.79 Å². The van der Waals surface area contributed by atoms with Crippen LogP contribution in [0.1, 0.15) is 59.8 Å². The number of hydrogen-bond donors (Lipinski definition) is 0. The van der Waals surface area contributed by atoms with E-state index >= 15 is 0 Å². The second kappa shape index (κ2) is 12.4. The van der Waals surface area contributed by atoms with Crippen LogP contribution < -0.4 is 0 Å². The summed E-state index contributed by atoms with van der Waals surface area (Å²) in [4.78, 5) is 9.44. The highest BCUT2D eigenvalue weighted by Gasteiger charge is 1.80. The number of Topliss-reactive ketones (excluding diaryl/α,β-unsaturated/α-hetero) is 1. The molecule has 0 unspecified atom stereocenters. The van der Waals surface area contributed by atoms with Crippen LogP contribution in [-0.4, -0.2) is 5.78 Å². The molecule has 0 amide bonds. The van der Waals surface area contributed by atoms with E-state index in [1.165, 1.54) is 46.0 Å². The standard InChI is InChI=1S/C7H16.C3H6O/c1-3-5-7-6-4-2;1-3(2)4/h3-7H2,1-2H3;1-2H3. The first-order valence-corrected chi connectivity index (χ1v) is 4.62. The first-order chi connectivity index (χ1) is 5.15. The zero-order valence-electron chi connectivity index (χ0n) is 8.44. The van der Waals surface area contributed by atoms with Crippen LogP contribution in [0.4, 0.5) is 0 Å². The Balaban J connectivity index is 0. The van der Waals surface area contributed by atoms with E-state index in [1.54, 1.807) is 0 Å². The Hall–Kier alpha value is -0.330. The van der Waals surface area contributed by atoms with E-state index in [9.17, 15) is 4.79 Å². The Morgan fingerprint density at radius 1 is 0.909 bits per heavy atom. The van der Waals surface area contributed by atoms with Crippen molar-refractivity contribution < 1.29 is 4.79 Å². The van der Waals surface area contributed by atoms with Crippen LogP contribution in [0, 0.1) is 0 Å². The van der Waals surface area contributed by atoms with Gasteiger partial charge in [-0.1, -0.05) is 46.0 Å². The summed E-state index contributed by atoms with van der Waals surface area (Å²) in [7, 11) is 0. The smallest absolute Gasteiger partial charge is 0.126 e. The monoisotopic (exact) mass is 158 g/mol. The molecular weight excluding hydrogens is 136 g/mol. The fraction of sp³-hybridized carbons (Fsp3) is 0.900. The molecule has 0 spiro atoms. The predicted molar refractivity (Wildman–Crippen MR) is 50.8 cm³/mol. The van der Waals surface area contributed by atoms with Gasteiger partial charge in [0.2, 0.25) is 0 Å². The Morgan fingerprint density at radius 3 is 1.36 bits per heavy atom. The van der Waals surface area contributed by atoms with Gasteiger partial charge in [0, 0.05) is 0 Å². The number of unbranched alkanes of at least 4 members (excludes halogenated alkanes) is 4. The third-order valence-electron chi connectivity index (χ3n) is 1.21. The van der Waals surface area contributed by atoms with Crippen LogP contribution in [0.25, 0.3) is 0 Å². The van der Waals surface area contributed by atoms with Gasteiger partial charge in [-0.3, -0.25) is 0 Å². The Morgan fingerprint density at radius 2 is 1.18 bits per heavy atom. The molecule has 0 aromatic rings. The van der Waals surface area contributed by atoms with Gasteiger partial charge >= 0.3 is 0 Å². The normalized spacial score (nSPS) is 8.36. The molecule has 0 radical (unpaired) electrons. The van der Waals surface area contributed by atoms with Gasteiger partial charge < -0.3 is 4.79 Å². The molecular formula is C10H22O. The molecule has 0 aliphatic rings. The summed E-state index contributed by atoms with van der Waals surface area (Å²) in [5.41, 5.74) is 0. The zero-order chi connectivity index (χ0) is 9.11. The summed E-state index contributed by atoms with van der Waals surface area (Å²) >= 11 is 0. The van der Waals surface area contributed by atoms with Crippen molar-refractivity contribution in [2.75, 3.05) is 0 Å². The van der Waals surface area contributed by atoms with Gasteiger partial charge in [0.1, 0.15) is 5.78 Å². The summed E-state index contributed by atoms with van der Waals surface area (Å²) in [5, 5.41) is 0. The van der Waals surface area contributed by atoms with Crippen molar-refractivity contribution in [3.05, 3.63) is 0 Å². The van der Waals surface area contributed by atoms with Crippen molar-refractivity contribution in [2.45, 2.75) is 59.8 Å². The molecule has 11 heavy (non-hydrogen) atoms. The summed E-state index contributed by atoms with van der Waals surface area (Å²) < 4.78 is 0. The first kappa shape index (κ1) is 13.3. The molecule has 0 aliphatic carbocycles. The molecule has 0 aromatic carbocycles. The highest BCUT2D eigenvalue weighted by atomic mass is 16.1. The number of rotatable bonds is 4. The Labute approximate surface area is 71.2 Å². The van der Waals surface area contributed by atoms with Gasteiger partial charge in [-0.05, 0) is 13.8 Å². The molecule has 0 fully saturated rings. The van der Waals surface area contributed by atoms with Gasteiger partial charge in [0.25, 0.3) is 0 Å². The fourth-order valence-corrected chi connectivity index (χ4v) is 0.677. The van der Waals surface area contributed by atoms with Crippen LogP contribution >= 0.6 is 0 Å². The highest BCUT2D eigenvalue weighted by molar-refractivity contribution is 5.72. The number of carbonyl (C=O) groups excluding carboxylic acids is 1. The van der Waals surface area contributed by atoms with Crippen molar-refractivity contribution in [1.29, 1.82) is 0 Å². The van der Waals surface area contributed by atoms with Crippen molar-refractivity contribution in [3.8, 4) is 0 Å². The molecule has 0 saturated carbocycles. The SMILES string of the molecule is CC(C)=O.CCCCCCC. The Kier molecular flexibility index (Phi) is 14.9. The second-order valence-corrected chi connectivity index (χ2v) is 2.97. The molecule has 0 saturated heterocycles. The van der Waals surface area contributed by atoms with Crippen LogP contribution in [0.15, 0.2) is 0 Å². The molecule has 0 atom stereocenters. The lowest BCUT2D eigenvalue weighted by Gasteiger charge is -1.90. The predicted octanol–water partition coefficient (Wildman–Crippen LogP) is 3.57. The third kappa shape index (κ3) is 42.2. The van der Waals surface area contributed by atoms with Gasteiger partial charge in [-0.2, -0.15) is 0 Å². The van der Waals surface area contributed by atoms with Crippen LogP contribution in [0.3, 0.4) is 0 Å². The lowest BCUT2D eigenvalue weighted by Crippen LogP contribution is -1.70. The van der Waals surface area contributed by atoms with E-state index in [0.717, 1.165) is 0 Å². The molecule has 1 nitrogen and oxygen atoms in total. The number of hydrogen-bond acceptors (Lipinski definition) is 1. The molecule has 0 bridgehead atoms. The molecule has 0 aromatic heterocycles. The molecule has 0 aliphatic heterocycles. The van der Waals surface area contributed by atoms with Crippen LogP contribution in [0.5, 0.6) is 0 Å². The third-order valence-corrected chi connectivity index (χ3v) is 1.21. The number of carbonyl (C=O) groups is 1. The van der Waals surface area contributed by atoms with E-state index in [2.05, 4.69) is 13.8 Å². The van der Waals surface area contributed by atoms with Gasteiger partial charge in [-0.25, -0.2) is 0 Å². The minimum atomic E-state index is 0.167. The molecule has 0 N–H and O–H groups in total. The first-order valence-electron chi connectivity index (χ1n) is 4.62. The molecule has 0 rings (SSSR count). The van der Waals surface area contributed by atoms with Crippen molar-refractivity contribution in [2.24, 2.45) is 0 Å². The maximum absolute atomic E-state index is 9.44. The molecule has 68 valence electrons. The number of ketones is 1. The van der Waals surface area contributed by atoms with E-state index in [1.807, 2.05) is 0 Å². The summed E-state index contributed by atoms with van der Waals surface area (Å²) in [6.07, 6.45) is 7.01. The van der Waals surface area contributed by atoms with Gasteiger partial charge in [0.05, 0.1) is 0 Å². The van der Waals surface area contributed by atoms with Gasteiger partial charge in [0.15, 0.2) is 0 Å². The fourth-order valence-electron chi connectivity index (χ4n) is 0.677. The van der Waals surface area contributed by atoms with E-state index in [-0.39, 0.29) is 5.78 Å². The van der Waals surface area contributed by atoms with Crippen molar-refractivity contribution in [1.82, 2.24) is 0 Å². The average Bonchev–Trinajstić information content (AvgIpc) is 1.88. The largest absolute Gasteiger partial charge is 0.300 e. The quantitative estimate of drug-likeness (QED) is 0.572. The van der Waals surface area contributed by atoms with Crippen LogP contribution in [0.2, 0.25) is 0 Å². The van der Waals surface area contributed by atoms with E-state index < -0.39 is 0 Å². The van der Waals surface area contributed by atoms with Crippen molar-refractivity contribution >= 4 is 5.78 Å². The second-order valence-electron chi connectivity index (χ2n) is 2.97. The minimum Gasteiger partial charge on any atom is -0.300 e. The maximum atomic E-state index is 9.44.